The number of benzene rings is 3. The largest absolute Gasteiger partial charge is 0.494 e. The van der Waals surface area contributed by atoms with Gasteiger partial charge in [0.1, 0.15) is 11.6 Å². The lowest BCUT2D eigenvalue weighted by Crippen LogP contribution is -2.52. The number of aliphatic hydroxyl groups is 1. The molecule has 0 aliphatic carbocycles. The van der Waals surface area contributed by atoms with E-state index < -0.39 is 0 Å². The fourth-order valence-electron chi connectivity index (χ4n) is 7.24. The van der Waals surface area contributed by atoms with Gasteiger partial charge in [0.2, 0.25) is 11.9 Å². The molecule has 0 bridgehead atoms. The molecule has 0 radical (unpaired) electrons. The van der Waals surface area contributed by atoms with Gasteiger partial charge in [-0.15, -0.1) is 0 Å². The maximum Gasteiger partial charge on any atom is 0.247 e. The van der Waals surface area contributed by atoms with Crippen molar-refractivity contribution >= 4 is 39.7 Å². The van der Waals surface area contributed by atoms with Gasteiger partial charge in [-0.1, -0.05) is 43.0 Å². The van der Waals surface area contributed by atoms with Crippen LogP contribution in [0.15, 0.2) is 79.5 Å². The van der Waals surface area contributed by atoms with E-state index >= 15 is 0 Å². The number of H-pyrrole nitrogens is 1. The van der Waals surface area contributed by atoms with Gasteiger partial charge in [-0.3, -0.25) is 9.69 Å². The predicted molar refractivity (Wildman–Crippen MR) is 207 cm³/mol. The first-order chi connectivity index (χ1) is 25.4. The number of amides is 1. The average molecular weight is 702 g/mol. The Morgan fingerprint density at radius 3 is 2.54 bits per heavy atom. The highest BCUT2D eigenvalue weighted by Crippen LogP contribution is 2.40. The van der Waals surface area contributed by atoms with Crippen molar-refractivity contribution in [3.8, 4) is 28.4 Å². The number of likely N-dealkylation sites (N-methyl/N-ethyl adjacent to an activating group) is 1. The van der Waals surface area contributed by atoms with E-state index in [2.05, 4.69) is 79.3 Å². The third kappa shape index (κ3) is 7.79. The molecule has 2 aromatic heterocycles. The second-order valence-corrected chi connectivity index (χ2v) is 13.5. The summed E-state index contributed by atoms with van der Waals surface area (Å²) in [5.74, 6) is 1.44. The van der Waals surface area contributed by atoms with Crippen LogP contribution in [0, 0.1) is 0 Å². The summed E-state index contributed by atoms with van der Waals surface area (Å²) in [6.07, 6.45) is 6.28. The molecule has 4 N–H and O–H groups in total. The molecule has 0 spiro atoms. The highest BCUT2D eigenvalue weighted by molar-refractivity contribution is 6.02. The summed E-state index contributed by atoms with van der Waals surface area (Å²) >= 11 is 0. The molecule has 2 aliphatic rings. The van der Waals surface area contributed by atoms with E-state index in [0.717, 1.165) is 91.3 Å². The van der Waals surface area contributed by atoms with E-state index in [1.54, 1.807) is 13.3 Å². The number of imidazole rings is 1. The lowest BCUT2D eigenvalue weighted by Gasteiger charge is -2.43. The molecule has 12 nitrogen and oxygen atoms in total. The second-order valence-electron chi connectivity index (χ2n) is 13.5. The van der Waals surface area contributed by atoms with Crippen LogP contribution in [0.4, 0.5) is 23.0 Å². The molecule has 2 aliphatic heterocycles. The zero-order valence-electron chi connectivity index (χ0n) is 29.9. The predicted octanol–water partition coefficient (Wildman–Crippen LogP) is 5.70. The number of aryl methyl sites for hydroxylation is 1. The smallest absolute Gasteiger partial charge is 0.247 e. The summed E-state index contributed by atoms with van der Waals surface area (Å²) in [6.45, 7) is 9.93. The fourth-order valence-corrected chi connectivity index (χ4v) is 7.24. The second kappa shape index (κ2) is 15.9. The normalized spacial score (nSPS) is 15.9. The Bertz CT molecular complexity index is 2030. The molecule has 52 heavy (non-hydrogen) atoms. The minimum Gasteiger partial charge on any atom is -0.494 e. The van der Waals surface area contributed by atoms with E-state index in [0.29, 0.717) is 47.7 Å². The van der Waals surface area contributed by atoms with E-state index in [1.165, 1.54) is 6.08 Å². The number of anilines is 4. The summed E-state index contributed by atoms with van der Waals surface area (Å²) in [5, 5.41) is 18.1. The summed E-state index contributed by atoms with van der Waals surface area (Å²) in [4.78, 5) is 37.9. The summed E-state index contributed by atoms with van der Waals surface area (Å²) in [6, 6.07) is 20.8. The number of methoxy groups -OCH3 is 1. The van der Waals surface area contributed by atoms with Crippen molar-refractivity contribution in [3.63, 3.8) is 0 Å². The van der Waals surface area contributed by atoms with Crippen LogP contribution in [0.5, 0.6) is 5.75 Å². The molecular formula is C40H47N9O3. The van der Waals surface area contributed by atoms with Crippen molar-refractivity contribution in [1.82, 2.24) is 29.7 Å². The lowest BCUT2D eigenvalue weighted by molar-refractivity contribution is -0.111. The van der Waals surface area contributed by atoms with E-state index in [4.69, 9.17) is 14.7 Å². The monoisotopic (exact) mass is 701 g/mol. The zero-order valence-corrected chi connectivity index (χ0v) is 29.9. The topological polar surface area (TPSA) is 135 Å². The number of aliphatic hydroxyl groups excluding tert-OH is 1. The SMILES string of the molecule is C=CC(=O)Nc1cc(Nc2nccc(-c3[nH]c(CCCO)nc3-c3ccc4ccccc4c3)n2)c(OC)cc1N1CCC(N2CCN(C)CC2)CC1. The first-order valence-corrected chi connectivity index (χ1v) is 18.0. The first-order valence-electron chi connectivity index (χ1n) is 18.0. The number of nitrogens with one attached hydrogen (secondary N) is 3. The van der Waals surface area contributed by atoms with Gasteiger partial charge in [-0.2, -0.15) is 0 Å². The molecule has 0 unspecified atom stereocenters. The van der Waals surface area contributed by atoms with Crippen LogP contribution in [0.1, 0.15) is 25.1 Å². The van der Waals surface area contributed by atoms with Crippen molar-refractivity contribution in [2.24, 2.45) is 0 Å². The van der Waals surface area contributed by atoms with Crippen LogP contribution in [0.3, 0.4) is 0 Å². The van der Waals surface area contributed by atoms with E-state index in [1.807, 2.05) is 30.3 Å². The third-order valence-corrected chi connectivity index (χ3v) is 10.1. The van der Waals surface area contributed by atoms with E-state index in [-0.39, 0.29) is 12.5 Å². The van der Waals surface area contributed by atoms with Crippen molar-refractivity contribution in [2.45, 2.75) is 31.7 Å². The maximum atomic E-state index is 12.7. The van der Waals surface area contributed by atoms with Crippen molar-refractivity contribution in [1.29, 1.82) is 0 Å². The molecule has 3 aromatic carbocycles. The number of carbonyl (C=O) groups excluding carboxylic acids is 1. The number of rotatable bonds is 12. The quantitative estimate of drug-likeness (QED) is 0.120. The minimum absolute atomic E-state index is 0.0771. The Hall–Kier alpha value is -5.30. The van der Waals surface area contributed by atoms with Gasteiger partial charge in [-0.25, -0.2) is 15.0 Å². The van der Waals surface area contributed by atoms with E-state index in [9.17, 15) is 9.90 Å². The number of piperazine rings is 1. The van der Waals surface area contributed by atoms with Crippen LogP contribution in [0.25, 0.3) is 33.4 Å². The van der Waals surface area contributed by atoms with Crippen molar-refractivity contribution in [2.75, 3.05) is 75.6 Å². The van der Waals surface area contributed by atoms with Crippen LogP contribution in [-0.2, 0) is 11.2 Å². The van der Waals surface area contributed by atoms with Crippen molar-refractivity contribution < 1.29 is 14.6 Å². The maximum absolute atomic E-state index is 12.7. The molecule has 12 heteroatoms. The highest BCUT2D eigenvalue weighted by atomic mass is 16.5. The summed E-state index contributed by atoms with van der Waals surface area (Å²) in [5.41, 5.74) is 5.31. The number of aromatic amines is 1. The number of aromatic nitrogens is 4. The molecule has 1 amide bonds. The molecule has 4 heterocycles. The fraction of sp³-hybridized carbons (Fsp3) is 0.350. The van der Waals surface area contributed by atoms with Crippen LogP contribution < -0.4 is 20.3 Å². The molecule has 0 atom stereocenters. The Labute approximate surface area is 304 Å². The van der Waals surface area contributed by atoms with Crippen molar-refractivity contribution in [3.05, 3.63) is 85.3 Å². The zero-order chi connectivity index (χ0) is 36.0. The number of piperidine rings is 1. The van der Waals surface area contributed by atoms with Gasteiger partial charge in [0, 0.05) is 76.2 Å². The molecule has 2 saturated heterocycles. The first kappa shape index (κ1) is 35.1. The molecule has 7 rings (SSSR count). The average Bonchev–Trinajstić information content (AvgIpc) is 3.62. The van der Waals surface area contributed by atoms with Gasteiger partial charge in [0.05, 0.1) is 41.3 Å². The number of hydrogen-bond donors (Lipinski definition) is 4. The number of carbonyl (C=O) groups is 1. The number of nitrogens with zero attached hydrogens (tertiary/aromatic N) is 6. The lowest BCUT2D eigenvalue weighted by atomic mass is 10.0. The summed E-state index contributed by atoms with van der Waals surface area (Å²) in [7, 11) is 3.82. The molecule has 270 valence electrons. The van der Waals surface area contributed by atoms with Gasteiger partial charge >= 0.3 is 0 Å². The summed E-state index contributed by atoms with van der Waals surface area (Å²) < 4.78 is 5.90. The van der Waals surface area contributed by atoms with Gasteiger partial charge in [0.15, 0.2) is 0 Å². The highest BCUT2D eigenvalue weighted by Gasteiger charge is 2.28. The Balaban J connectivity index is 1.17. The molecule has 5 aromatic rings. The number of fused-ring (bicyclic) bond motifs is 1. The number of hydrogen-bond acceptors (Lipinski definition) is 10. The van der Waals surface area contributed by atoms with Crippen LogP contribution in [-0.4, -0.2) is 107 Å². The van der Waals surface area contributed by atoms with Crippen LogP contribution in [0.2, 0.25) is 0 Å². The van der Waals surface area contributed by atoms with Gasteiger partial charge < -0.3 is 35.3 Å². The standard InChI is InChI=1S/C40H47N9O3/c1-4-37(51)42-32-25-33(35(52-3)26-34(32)49-17-14-30(15-18-49)48-21-19-47(2)20-22-48)44-40-41-16-13-31(43-40)39-38(45-36(46-39)10-7-23-50)29-12-11-27-8-5-6-9-28(27)24-29/h4-6,8-9,11-13,16,24-26,30,50H,1,7,10,14-15,17-23H2,2-3H3,(H,42,51)(H,45,46)(H,41,43,44). The molecule has 2 fully saturated rings. The Kier molecular flexibility index (Phi) is 10.8. The number of ether oxygens (including phenoxy) is 1. The third-order valence-electron chi connectivity index (χ3n) is 10.1. The molecular weight excluding hydrogens is 654 g/mol. The van der Waals surface area contributed by atoms with Crippen LogP contribution >= 0.6 is 0 Å². The molecule has 0 saturated carbocycles. The van der Waals surface area contributed by atoms with Gasteiger partial charge in [0.25, 0.3) is 0 Å². The van der Waals surface area contributed by atoms with Gasteiger partial charge in [-0.05, 0) is 61.4 Å². The Morgan fingerprint density at radius 1 is 1.00 bits per heavy atom. The Morgan fingerprint density at radius 2 is 1.79 bits per heavy atom. The minimum atomic E-state index is -0.291.